The molecule has 2 heterocycles. The summed E-state index contributed by atoms with van der Waals surface area (Å²) < 4.78 is 21.9. The van der Waals surface area contributed by atoms with Crippen LogP contribution in [0.4, 0.5) is 5.69 Å². The molecule has 0 bridgehead atoms. The molecule has 6 heteroatoms. The van der Waals surface area contributed by atoms with Crippen molar-refractivity contribution in [2.75, 3.05) is 31.9 Å². The lowest BCUT2D eigenvalue weighted by Crippen LogP contribution is -2.44. The van der Waals surface area contributed by atoms with E-state index in [9.17, 15) is 4.79 Å². The smallest absolute Gasteiger partial charge is 0.235 e. The van der Waals surface area contributed by atoms with E-state index in [2.05, 4.69) is 5.32 Å². The topological polar surface area (TPSA) is 66.0 Å². The molecule has 2 aromatic carbocycles. The first-order valence-corrected chi connectivity index (χ1v) is 9.23. The van der Waals surface area contributed by atoms with E-state index >= 15 is 0 Å². The van der Waals surface area contributed by atoms with E-state index in [1.807, 2.05) is 49.4 Å². The first-order chi connectivity index (χ1) is 13.2. The van der Waals surface area contributed by atoms with Crippen molar-refractivity contribution in [3.63, 3.8) is 0 Å². The molecular weight excluding hydrogens is 346 g/mol. The molecular formula is C21H23NO5. The predicted octanol–water partition coefficient (Wildman–Crippen LogP) is 3.50. The molecule has 2 aliphatic heterocycles. The number of fused-ring (bicyclic) bond motifs is 1. The second-order valence-electron chi connectivity index (χ2n) is 6.67. The standard InChI is InChI=1S/C21H23NO5/c1-2-25-17-6-4-16(5-7-17)22-20(23)21(9-11-24-12-10-21)15-3-8-18-19(13-15)27-14-26-18/h3-8,13H,2,9-12,14H2,1H3,(H,22,23). The molecule has 0 atom stereocenters. The molecule has 1 fully saturated rings. The monoisotopic (exact) mass is 369 g/mol. The number of carbonyl (C=O) groups is 1. The Balaban J connectivity index is 1.60. The summed E-state index contributed by atoms with van der Waals surface area (Å²) in [5.74, 6) is 2.15. The predicted molar refractivity (Wildman–Crippen MR) is 101 cm³/mol. The van der Waals surface area contributed by atoms with Gasteiger partial charge in [0.1, 0.15) is 5.75 Å². The molecule has 0 aromatic heterocycles. The van der Waals surface area contributed by atoms with E-state index in [0.29, 0.717) is 44.2 Å². The van der Waals surface area contributed by atoms with Gasteiger partial charge < -0.3 is 24.3 Å². The van der Waals surface area contributed by atoms with Gasteiger partial charge in [-0.25, -0.2) is 0 Å². The Hall–Kier alpha value is -2.73. The van der Waals surface area contributed by atoms with Crippen LogP contribution in [0.2, 0.25) is 0 Å². The molecule has 0 aliphatic carbocycles. The number of ether oxygens (including phenoxy) is 4. The molecule has 1 amide bonds. The van der Waals surface area contributed by atoms with Crippen molar-refractivity contribution in [3.05, 3.63) is 48.0 Å². The van der Waals surface area contributed by atoms with E-state index < -0.39 is 5.41 Å². The van der Waals surface area contributed by atoms with Gasteiger partial charge in [0, 0.05) is 18.9 Å². The third-order valence-corrected chi connectivity index (χ3v) is 5.13. The van der Waals surface area contributed by atoms with E-state index in [1.54, 1.807) is 0 Å². The average Bonchev–Trinajstić information content (AvgIpc) is 3.18. The van der Waals surface area contributed by atoms with Gasteiger partial charge in [0.05, 0.1) is 12.0 Å². The van der Waals surface area contributed by atoms with Crippen molar-refractivity contribution in [1.29, 1.82) is 0 Å². The van der Waals surface area contributed by atoms with E-state index in [1.165, 1.54) is 0 Å². The summed E-state index contributed by atoms with van der Waals surface area (Å²) in [6.07, 6.45) is 1.24. The first-order valence-electron chi connectivity index (χ1n) is 9.23. The summed E-state index contributed by atoms with van der Waals surface area (Å²) in [5, 5.41) is 3.07. The average molecular weight is 369 g/mol. The van der Waals surface area contributed by atoms with Gasteiger partial charge >= 0.3 is 0 Å². The van der Waals surface area contributed by atoms with Crippen molar-refractivity contribution in [1.82, 2.24) is 0 Å². The minimum absolute atomic E-state index is 0.0335. The van der Waals surface area contributed by atoms with Gasteiger partial charge in [-0.1, -0.05) is 6.07 Å². The molecule has 6 nitrogen and oxygen atoms in total. The molecule has 142 valence electrons. The van der Waals surface area contributed by atoms with Crippen molar-refractivity contribution < 1.29 is 23.7 Å². The number of amides is 1. The fourth-order valence-corrected chi connectivity index (χ4v) is 3.61. The van der Waals surface area contributed by atoms with Crippen molar-refractivity contribution in [2.45, 2.75) is 25.2 Å². The highest BCUT2D eigenvalue weighted by Crippen LogP contribution is 2.41. The van der Waals surface area contributed by atoms with Crippen LogP contribution in [0.1, 0.15) is 25.3 Å². The zero-order valence-electron chi connectivity index (χ0n) is 15.3. The number of benzene rings is 2. The lowest BCUT2D eigenvalue weighted by molar-refractivity contribution is -0.125. The van der Waals surface area contributed by atoms with E-state index in [0.717, 1.165) is 17.0 Å². The number of nitrogens with one attached hydrogen (secondary N) is 1. The highest BCUT2D eigenvalue weighted by atomic mass is 16.7. The second-order valence-corrected chi connectivity index (χ2v) is 6.67. The fourth-order valence-electron chi connectivity index (χ4n) is 3.61. The molecule has 0 radical (unpaired) electrons. The highest BCUT2D eigenvalue weighted by molar-refractivity contribution is 5.99. The van der Waals surface area contributed by atoms with Gasteiger partial charge in [0.25, 0.3) is 0 Å². The quantitative estimate of drug-likeness (QED) is 0.874. The molecule has 0 spiro atoms. The van der Waals surface area contributed by atoms with Gasteiger partial charge in [-0.2, -0.15) is 0 Å². The van der Waals surface area contributed by atoms with Crippen LogP contribution in [0.15, 0.2) is 42.5 Å². The molecule has 4 rings (SSSR count). The molecule has 2 aliphatic rings. The van der Waals surface area contributed by atoms with Crippen LogP contribution in [0.25, 0.3) is 0 Å². The maximum absolute atomic E-state index is 13.3. The molecule has 27 heavy (non-hydrogen) atoms. The molecule has 0 saturated carbocycles. The highest BCUT2D eigenvalue weighted by Gasteiger charge is 2.42. The van der Waals surface area contributed by atoms with Crippen molar-refractivity contribution >= 4 is 11.6 Å². The van der Waals surface area contributed by atoms with Crippen LogP contribution in [-0.2, 0) is 14.9 Å². The van der Waals surface area contributed by atoms with Crippen LogP contribution in [0.5, 0.6) is 17.2 Å². The summed E-state index contributed by atoms with van der Waals surface area (Å²) >= 11 is 0. The van der Waals surface area contributed by atoms with Crippen LogP contribution >= 0.6 is 0 Å². The Morgan fingerprint density at radius 1 is 1.07 bits per heavy atom. The number of rotatable bonds is 5. The summed E-state index contributed by atoms with van der Waals surface area (Å²) in [5.41, 5.74) is 1.02. The Kier molecular flexibility index (Phi) is 4.90. The Bertz CT molecular complexity index is 812. The Morgan fingerprint density at radius 3 is 2.56 bits per heavy atom. The molecule has 2 aromatic rings. The van der Waals surface area contributed by atoms with Crippen LogP contribution in [0, 0.1) is 0 Å². The summed E-state index contributed by atoms with van der Waals surface area (Å²) in [6.45, 7) is 3.86. The number of hydrogen-bond acceptors (Lipinski definition) is 5. The lowest BCUT2D eigenvalue weighted by atomic mass is 9.73. The second kappa shape index (κ2) is 7.48. The summed E-state index contributed by atoms with van der Waals surface area (Å²) in [4.78, 5) is 13.3. The van der Waals surface area contributed by atoms with Crippen molar-refractivity contribution in [3.8, 4) is 17.2 Å². The third kappa shape index (κ3) is 3.45. The first kappa shape index (κ1) is 17.7. The van der Waals surface area contributed by atoms with Gasteiger partial charge in [-0.3, -0.25) is 4.79 Å². The number of hydrogen-bond donors (Lipinski definition) is 1. The maximum atomic E-state index is 13.3. The minimum Gasteiger partial charge on any atom is -0.494 e. The molecule has 1 saturated heterocycles. The normalized spacial score (nSPS) is 17.4. The van der Waals surface area contributed by atoms with Crippen LogP contribution < -0.4 is 19.5 Å². The number of carbonyl (C=O) groups excluding carboxylic acids is 1. The summed E-state index contributed by atoms with van der Waals surface area (Å²) in [7, 11) is 0. The molecule has 1 N–H and O–H groups in total. The van der Waals surface area contributed by atoms with Gasteiger partial charge in [-0.15, -0.1) is 0 Å². The van der Waals surface area contributed by atoms with E-state index in [-0.39, 0.29) is 12.7 Å². The Morgan fingerprint density at radius 2 is 1.81 bits per heavy atom. The van der Waals surface area contributed by atoms with Gasteiger partial charge in [-0.05, 0) is 61.7 Å². The number of anilines is 1. The van der Waals surface area contributed by atoms with Crippen LogP contribution in [-0.4, -0.2) is 32.5 Å². The Labute approximate surface area is 158 Å². The van der Waals surface area contributed by atoms with E-state index in [4.69, 9.17) is 18.9 Å². The largest absolute Gasteiger partial charge is 0.494 e. The van der Waals surface area contributed by atoms with Gasteiger partial charge in [0.2, 0.25) is 12.7 Å². The fraction of sp³-hybridized carbons (Fsp3) is 0.381. The zero-order chi connectivity index (χ0) is 18.7. The lowest BCUT2D eigenvalue weighted by Gasteiger charge is -2.36. The van der Waals surface area contributed by atoms with Gasteiger partial charge in [0.15, 0.2) is 11.5 Å². The van der Waals surface area contributed by atoms with Crippen molar-refractivity contribution in [2.24, 2.45) is 0 Å². The zero-order valence-corrected chi connectivity index (χ0v) is 15.3. The third-order valence-electron chi connectivity index (χ3n) is 5.13. The minimum atomic E-state index is -0.655. The van der Waals surface area contributed by atoms with Crippen LogP contribution in [0.3, 0.4) is 0 Å². The SMILES string of the molecule is CCOc1ccc(NC(=O)C2(c3ccc4c(c3)OCO4)CCOCC2)cc1. The molecule has 0 unspecified atom stereocenters. The maximum Gasteiger partial charge on any atom is 0.235 e. The summed E-state index contributed by atoms with van der Waals surface area (Å²) in [6, 6.07) is 13.2.